The Kier molecular flexibility index (Phi) is 3.87. The van der Waals surface area contributed by atoms with Crippen molar-refractivity contribution in [1.82, 2.24) is 5.32 Å². The Balaban J connectivity index is 1.58. The topological polar surface area (TPSA) is 36.5 Å². The van der Waals surface area contributed by atoms with Crippen molar-refractivity contribution in [3.63, 3.8) is 0 Å². The van der Waals surface area contributed by atoms with E-state index >= 15 is 0 Å². The summed E-state index contributed by atoms with van der Waals surface area (Å²) in [6.45, 7) is 6.49. The van der Waals surface area contributed by atoms with Gasteiger partial charge in [0, 0.05) is 47.7 Å². The first kappa shape index (κ1) is 16.1. The number of hydrogen-bond donors (Lipinski definition) is 2. The van der Waals surface area contributed by atoms with Gasteiger partial charge in [0.25, 0.3) is 0 Å². The van der Waals surface area contributed by atoms with Crippen LogP contribution in [0.2, 0.25) is 0 Å². The molecule has 3 aliphatic heterocycles. The molecule has 2 N–H and O–H groups in total. The van der Waals surface area contributed by atoms with Crippen LogP contribution in [0.5, 0.6) is 0 Å². The van der Waals surface area contributed by atoms with Crippen molar-refractivity contribution in [2.24, 2.45) is 0 Å². The Morgan fingerprint density at radius 1 is 1.27 bits per heavy atom. The highest BCUT2D eigenvalue weighted by Gasteiger charge is 2.41. The minimum absolute atomic E-state index is 0.219. The average molecular weight is 353 g/mol. The SMILES string of the molecule is Cc1ccc(F)cc1Nc1cc2c3c(c1)[C@@H]1CNCC[C@@H]1N3CCOC2. The van der Waals surface area contributed by atoms with Crippen molar-refractivity contribution in [2.45, 2.75) is 31.9 Å². The summed E-state index contributed by atoms with van der Waals surface area (Å²) in [5.41, 5.74) is 6.90. The van der Waals surface area contributed by atoms with Crippen LogP contribution in [0.4, 0.5) is 21.5 Å². The lowest BCUT2D eigenvalue weighted by Crippen LogP contribution is -2.44. The zero-order valence-electron chi connectivity index (χ0n) is 15.0. The van der Waals surface area contributed by atoms with Crippen LogP contribution in [-0.4, -0.2) is 32.3 Å². The fraction of sp³-hybridized carbons (Fsp3) is 0.429. The van der Waals surface area contributed by atoms with Gasteiger partial charge < -0.3 is 20.3 Å². The second-order valence-corrected chi connectivity index (χ2v) is 7.57. The number of nitrogens with zero attached hydrogens (tertiary/aromatic N) is 1. The first-order valence-electron chi connectivity index (χ1n) is 9.46. The predicted molar refractivity (Wildman–Crippen MR) is 102 cm³/mol. The van der Waals surface area contributed by atoms with Crippen LogP contribution in [-0.2, 0) is 11.3 Å². The molecule has 2 aromatic rings. The third kappa shape index (κ3) is 2.58. The molecule has 5 heteroatoms. The molecule has 1 fully saturated rings. The monoisotopic (exact) mass is 353 g/mol. The number of benzene rings is 2. The van der Waals surface area contributed by atoms with E-state index < -0.39 is 0 Å². The van der Waals surface area contributed by atoms with Crippen molar-refractivity contribution in [3.8, 4) is 0 Å². The predicted octanol–water partition coefficient (Wildman–Crippen LogP) is 3.67. The van der Waals surface area contributed by atoms with Crippen molar-refractivity contribution in [3.05, 3.63) is 52.8 Å². The normalized spacial score (nSPS) is 24.0. The van der Waals surface area contributed by atoms with Gasteiger partial charge in [-0.05, 0) is 55.3 Å². The summed E-state index contributed by atoms with van der Waals surface area (Å²) in [6.07, 6.45) is 1.17. The van der Waals surface area contributed by atoms with Crippen LogP contribution in [0.25, 0.3) is 0 Å². The van der Waals surface area contributed by atoms with Crippen molar-refractivity contribution in [2.75, 3.05) is 36.5 Å². The van der Waals surface area contributed by atoms with Crippen LogP contribution < -0.4 is 15.5 Å². The maximum absolute atomic E-state index is 13.7. The van der Waals surface area contributed by atoms with E-state index in [0.29, 0.717) is 18.6 Å². The van der Waals surface area contributed by atoms with Gasteiger partial charge in [-0.1, -0.05) is 6.07 Å². The molecule has 0 unspecified atom stereocenters. The number of rotatable bonds is 2. The number of piperidine rings is 1. The molecule has 136 valence electrons. The van der Waals surface area contributed by atoms with Crippen molar-refractivity contribution in [1.29, 1.82) is 0 Å². The van der Waals surface area contributed by atoms with E-state index in [2.05, 4.69) is 27.7 Å². The number of aryl methyl sites for hydroxylation is 1. The van der Waals surface area contributed by atoms with Crippen LogP contribution >= 0.6 is 0 Å². The van der Waals surface area contributed by atoms with Gasteiger partial charge in [0.05, 0.1) is 13.2 Å². The summed E-state index contributed by atoms with van der Waals surface area (Å²) in [7, 11) is 0. The number of fused-ring (bicyclic) bond motifs is 3. The molecule has 5 rings (SSSR count). The molecule has 0 spiro atoms. The van der Waals surface area contributed by atoms with Crippen molar-refractivity contribution >= 4 is 17.1 Å². The van der Waals surface area contributed by atoms with Crippen LogP contribution in [0.3, 0.4) is 0 Å². The van der Waals surface area contributed by atoms with Gasteiger partial charge >= 0.3 is 0 Å². The third-order valence-electron chi connectivity index (χ3n) is 5.96. The molecule has 0 aromatic heterocycles. The van der Waals surface area contributed by atoms with Crippen LogP contribution in [0, 0.1) is 12.7 Å². The molecule has 26 heavy (non-hydrogen) atoms. The van der Waals surface area contributed by atoms with E-state index in [0.717, 1.165) is 43.2 Å². The summed E-state index contributed by atoms with van der Waals surface area (Å²) >= 11 is 0. The highest BCUT2D eigenvalue weighted by Crippen LogP contribution is 2.47. The molecule has 0 saturated carbocycles. The van der Waals surface area contributed by atoms with Crippen molar-refractivity contribution < 1.29 is 9.13 Å². The Morgan fingerprint density at radius 2 is 2.19 bits per heavy atom. The standard InChI is InChI=1S/C21H24FN3O/c1-13-2-3-15(22)9-19(13)24-16-8-14-12-26-7-6-25-20-4-5-23-11-18(20)17(10-16)21(14)25/h2-3,8-10,18,20,23-24H,4-7,11-12H2,1H3/t18-,20-/m0/s1. The molecule has 4 nitrogen and oxygen atoms in total. The lowest BCUT2D eigenvalue weighted by atomic mass is 9.89. The zero-order valence-corrected chi connectivity index (χ0v) is 15.0. The number of halogens is 1. The molecule has 0 radical (unpaired) electrons. The fourth-order valence-electron chi connectivity index (χ4n) is 4.74. The van der Waals surface area contributed by atoms with E-state index in [1.807, 2.05) is 13.0 Å². The van der Waals surface area contributed by atoms with Gasteiger partial charge in [0.2, 0.25) is 0 Å². The Hall–Kier alpha value is -2.11. The third-order valence-corrected chi connectivity index (χ3v) is 5.96. The Labute approximate surface area is 153 Å². The minimum Gasteiger partial charge on any atom is -0.375 e. The van der Waals surface area contributed by atoms with Gasteiger partial charge in [-0.15, -0.1) is 0 Å². The van der Waals surface area contributed by atoms with E-state index in [9.17, 15) is 4.39 Å². The lowest BCUT2D eigenvalue weighted by Gasteiger charge is -2.33. The van der Waals surface area contributed by atoms with Crippen LogP contribution in [0.1, 0.15) is 29.0 Å². The van der Waals surface area contributed by atoms with E-state index in [1.165, 1.54) is 29.3 Å². The molecule has 0 bridgehead atoms. The summed E-state index contributed by atoms with van der Waals surface area (Å²) in [6, 6.07) is 9.88. The first-order valence-corrected chi connectivity index (χ1v) is 9.46. The summed E-state index contributed by atoms with van der Waals surface area (Å²) in [4.78, 5) is 2.57. The van der Waals surface area contributed by atoms with E-state index in [1.54, 1.807) is 6.07 Å². The Morgan fingerprint density at radius 3 is 3.12 bits per heavy atom. The molecule has 1 saturated heterocycles. The van der Waals surface area contributed by atoms with Crippen LogP contribution in [0.15, 0.2) is 30.3 Å². The fourth-order valence-corrected chi connectivity index (χ4v) is 4.74. The number of nitrogens with one attached hydrogen (secondary N) is 2. The smallest absolute Gasteiger partial charge is 0.125 e. The largest absolute Gasteiger partial charge is 0.375 e. The molecule has 2 aromatic carbocycles. The minimum atomic E-state index is -0.219. The maximum Gasteiger partial charge on any atom is 0.125 e. The number of hydrogen-bond acceptors (Lipinski definition) is 4. The maximum atomic E-state index is 13.7. The second kappa shape index (κ2) is 6.25. The van der Waals surface area contributed by atoms with Gasteiger partial charge in [0.15, 0.2) is 0 Å². The van der Waals surface area contributed by atoms with Gasteiger partial charge in [-0.2, -0.15) is 0 Å². The average Bonchev–Trinajstić information content (AvgIpc) is 2.81. The molecular formula is C21H24FN3O. The van der Waals surface area contributed by atoms with Gasteiger partial charge in [0.1, 0.15) is 5.82 Å². The molecule has 3 heterocycles. The number of anilines is 3. The van der Waals surface area contributed by atoms with Gasteiger partial charge in [-0.3, -0.25) is 0 Å². The highest BCUT2D eigenvalue weighted by atomic mass is 19.1. The quantitative estimate of drug-likeness (QED) is 0.864. The molecule has 0 amide bonds. The van der Waals surface area contributed by atoms with E-state index in [4.69, 9.17) is 4.74 Å². The Bertz CT molecular complexity index is 853. The summed E-state index contributed by atoms with van der Waals surface area (Å²) in [5.74, 6) is 0.300. The molecule has 0 aliphatic carbocycles. The zero-order chi connectivity index (χ0) is 17.7. The summed E-state index contributed by atoms with van der Waals surface area (Å²) in [5, 5.41) is 6.99. The second-order valence-electron chi connectivity index (χ2n) is 7.57. The van der Waals surface area contributed by atoms with E-state index in [-0.39, 0.29) is 5.82 Å². The first-order chi connectivity index (χ1) is 12.7. The lowest BCUT2D eigenvalue weighted by molar-refractivity contribution is 0.130. The summed E-state index contributed by atoms with van der Waals surface area (Å²) < 4.78 is 19.5. The highest BCUT2D eigenvalue weighted by molar-refractivity contribution is 5.75. The van der Waals surface area contributed by atoms with Gasteiger partial charge in [-0.25, -0.2) is 4.39 Å². The molecule has 2 atom stereocenters. The molecular weight excluding hydrogens is 329 g/mol. The number of ether oxygens (including phenoxy) is 1. The molecule has 3 aliphatic rings.